The molecular formula is C20H29F3N4O4. The number of aliphatic hydroxyl groups is 1. The van der Waals surface area contributed by atoms with E-state index in [1.807, 2.05) is 0 Å². The molecule has 8 nitrogen and oxygen atoms in total. The third-order valence-electron chi connectivity index (χ3n) is 5.39. The van der Waals surface area contributed by atoms with Gasteiger partial charge in [0.05, 0.1) is 27.7 Å². The molecule has 0 bridgehead atoms. The average molecular weight is 446 g/mol. The van der Waals surface area contributed by atoms with Gasteiger partial charge in [-0.3, -0.25) is 14.9 Å². The number of halogens is 3. The molecule has 0 aromatic heterocycles. The molecule has 1 aromatic rings. The van der Waals surface area contributed by atoms with Crippen molar-refractivity contribution in [1.29, 1.82) is 0 Å². The predicted octanol–water partition coefficient (Wildman–Crippen LogP) is 3.69. The zero-order chi connectivity index (χ0) is 23.6. The Morgan fingerprint density at radius 3 is 2.29 bits per heavy atom. The van der Waals surface area contributed by atoms with Crippen molar-refractivity contribution < 1.29 is 28.0 Å². The van der Waals surface area contributed by atoms with Gasteiger partial charge in [0.2, 0.25) is 0 Å². The molecule has 0 atom stereocenters. The number of hydrogen-bond acceptors (Lipinski definition) is 6. The first-order valence-corrected chi connectivity index (χ1v) is 10.0. The Bertz CT molecular complexity index is 816. The molecule has 2 rings (SSSR count). The Labute approximate surface area is 178 Å². The molecule has 0 heterocycles. The lowest BCUT2D eigenvalue weighted by Gasteiger charge is -2.31. The third-order valence-corrected chi connectivity index (χ3v) is 5.39. The number of rotatable bonds is 7. The monoisotopic (exact) mass is 446 g/mol. The summed E-state index contributed by atoms with van der Waals surface area (Å²) < 4.78 is 38.6. The Morgan fingerprint density at radius 2 is 1.84 bits per heavy atom. The fourth-order valence-corrected chi connectivity index (χ4v) is 3.92. The summed E-state index contributed by atoms with van der Waals surface area (Å²) in [5.41, 5.74) is -0.812. The van der Waals surface area contributed by atoms with Gasteiger partial charge in [0, 0.05) is 32.7 Å². The fraction of sp³-hybridized carbons (Fsp3) is 0.650. The number of nitro groups is 1. The lowest BCUT2D eigenvalue weighted by Crippen LogP contribution is -2.41. The maximum Gasteiger partial charge on any atom is 0.391 e. The number of hydrogen-bond donors (Lipinski definition) is 3. The topological polar surface area (TPSA) is 108 Å². The molecule has 0 spiro atoms. The predicted molar refractivity (Wildman–Crippen MR) is 111 cm³/mol. The van der Waals surface area contributed by atoms with Crippen molar-refractivity contribution in [2.75, 3.05) is 30.9 Å². The highest BCUT2D eigenvalue weighted by Gasteiger charge is 2.41. The Balaban J connectivity index is 2.31. The quantitative estimate of drug-likeness (QED) is 0.436. The number of nitrogens with zero attached hydrogens (tertiary/aromatic N) is 2. The number of benzene rings is 1. The maximum absolute atomic E-state index is 13.0. The summed E-state index contributed by atoms with van der Waals surface area (Å²) in [6.07, 6.45) is -4.02. The number of nitrogens with one attached hydrogen (secondary N) is 2. The van der Waals surface area contributed by atoms with Gasteiger partial charge < -0.3 is 20.6 Å². The van der Waals surface area contributed by atoms with Crippen LogP contribution in [0.2, 0.25) is 0 Å². The van der Waals surface area contributed by atoms with Crippen molar-refractivity contribution in [2.24, 2.45) is 5.92 Å². The van der Waals surface area contributed by atoms with Crippen LogP contribution in [0.5, 0.6) is 0 Å². The van der Waals surface area contributed by atoms with Gasteiger partial charge in [0.15, 0.2) is 0 Å². The zero-order valence-corrected chi connectivity index (χ0v) is 18.0. The van der Waals surface area contributed by atoms with E-state index in [9.17, 15) is 33.2 Å². The summed E-state index contributed by atoms with van der Waals surface area (Å²) in [7, 11) is 3.16. The van der Waals surface area contributed by atoms with Crippen LogP contribution >= 0.6 is 0 Å². The first-order chi connectivity index (χ1) is 14.2. The smallest absolute Gasteiger partial charge is 0.389 e. The maximum atomic E-state index is 13.0. The summed E-state index contributed by atoms with van der Waals surface area (Å²) >= 11 is 0. The van der Waals surface area contributed by atoms with Gasteiger partial charge in [-0.2, -0.15) is 13.2 Å². The molecule has 3 N–H and O–H groups in total. The molecule has 1 fully saturated rings. The lowest BCUT2D eigenvalue weighted by atomic mass is 9.85. The fourth-order valence-electron chi connectivity index (χ4n) is 3.92. The molecule has 174 valence electrons. The second-order valence-corrected chi connectivity index (χ2v) is 8.63. The molecule has 31 heavy (non-hydrogen) atoms. The van der Waals surface area contributed by atoms with E-state index in [0.29, 0.717) is 5.69 Å². The van der Waals surface area contributed by atoms with Gasteiger partial charge >= 0.3 is 6.18 Å². The number of anilines is 2. The van der Waals surface area contributed by atoms with Gasteiger partial charge in [-0.25, -0.2) is 0 Å². The number of alkyl halides is 3. The van der Waals surface area contributed by atoms with Crippen LogP contribution in [0.25, 0.3) is 0 Å². The van der Waals surface area contributed by atoms with E-state index in [2.05, 4.69) is 10.6 Å². The van der Waals surface area contributed by atoms with E-state index >= 15 is 0 Å². The van der Waals surface area contributed by atoms with Crippen LogP contribution in [0.1, 0.15) is 49.9 Å². The molecule has 1 amide bonds. The molecular weight excluding hydrogens is 417 g/mol. The number of amides is 1. The third kappa shape index (κ3) is 6.46. The van der Waals surface area contributed by atoms with E-state index in [1.165, 1.54) is 13.1 Å². The van der Waals surface area contributed by atoms with Crippen LogP contribution in [0.4, 0.5) is 30.2 Å². The van der Waals surface area contributed by atoms with E-state index in [-0.39, 0.29) is 49.2 Å². The van der Waals surface area contributed by atoms with Crippen LogP contribution in [0, 0.1) is 16.0 Å². The van der Waals surface area contributed by atoms with Crippen LogP contribution in [0.3, 0.4) is 0 Å². The average Bonchev–Trinajstić information content (AvgIpc) is 2.65. The van der Waals surface area contributed by atoms with Gasteiger partial charge in [0.25, 0.3) is 11.6 Å². The standard InChI is InChI=1S/C20H29F3N4O4/c1-19(2,29)11-26(4)16-10-15(24-3)17(27(30)31)9-14(16)18(28)25-13-7-5-12(6-8-13)20(21,22)23/h9-10,12-13,24,29H,5-8,11H2,1-4H3,(H,25,28). The molecule has 1 aliphatic carbocycles. The Kier molecular flexibility index (Phi) is 7.40. The summed E-state index contributed by atoms with van der Waals surface area (Å²) in [6.45, 7) is 3.32. The Morgan fingerprint density at radius 1 is 1.26 bits per heavy atom. The van der Waals surface area contributed by atoms with Crippen molar-refractivity contribution in [3.05, 3.63) is 27.8 Å². The van der Waals surface area contributed by atoms with Gasteiger partial charge in [-0.15, -0.1) is 0 Å². The van der Waals surface area contributed by atoms with Crippen LogP contribution in [0.15, 0.2) is 12.1 Å². The minimum atomic E-state index is -4.24. The summed E-state index contributed by atoms with van der Waals surface area (Å²) in [6, 6.07) is 2.17. The number of likely N-dealkylation sites (N-methyl/N-ethyl adjacent to an activating group) is 1. The number of carbonyl (C=O) groups excluding carboxylic acids is 1. The molecule has 1 saturated carbocycles. The minimum Gasteiger partial charge on any atom is -0.389 e. The van der Waals surface area contributed by atoms with Crippen molar-refractivity contribution in [3.8, 4) is 0 Å². The lowest BCUT2D eigenvalue weighted by molar-refractivity contribution is -0.383. The second-order valence-electron chi connectivity index (χ2n) is 8.63. The SMILES string of the molecule is CNc1cc(N(C)CC(C)(C)O)c(C(=O)NC2CCC(C(F)(F)F)CC2)cc1[N+](=O)[O-]. The number of carbonyl (C=O) groups is 1. The molecule has 1 aliphatic rings. The van der Waals surface area contributed by atoms with Gasteiger partial charge in [0.1, 0.15) is 5.69 Å². The molecule has 11 heteroatoms. The highest BCUT2D eigenvalue weighted by molar-refractivity contribution is 6.02. The van der Waals surface area contributed by atoms with Crippen molar-refractivity contribution in [1.82, 2.24) is 5.32 Å². The molecule has 0 saturated heterocycles. The van der Waals surface area contributed by atoms with E-state index in [1.54, 1.807) is 25.8 Å². The van der Waals surface area contributed by atoms with Gasteiger partial charge in [-0.1, -0.05) is 0 Å². The highest BCUT2D eigenvalue weighted by Crippen LogP contribution is 2.38. The largest absolute Gasteiger partial charge is 0.391 e. The minimum absolute atomic E-state index is 0.0235. The van der Waals surface area contributed by atoms with E-state index in [0.717, 1.165) is 6.07 Å². The molecule has 0 aliphatic heterocycles. The van der Waals surface area contributed by atoms with Crippen molar-refractivity contribution in [2.45, 2.75) is 57.3 Å². The molecule has 0 unspecified atom stereocenters. The zero-order valence-electron chi connectivity index (χ0n) is 18.0. The van der Waals surface area contributed by atoms with Crippen molar-refractivity contribution >= 4 is 23.0 Å². The van der Waals surface area contributed by atoms with E-state index < -0.39 is 34.6 Å². The summed E-state index contributed by atoms with van der Waals surface area (Å²) in [4.78, 5) is 25.4. The Hall–Kier alpha value is -2.56. The van der Waals surface area contributed by atoms with Crippen molar-refractivity contribution in [3.63, 3.8) is 0 Å². The van der Waals surface area contributed by atoms with E-state index in [4.69, 9.17) is 0 Å². The first kappa shape index (κ1) is 24.7. The van der Waals surface area contributed by atoms with Crippen LogP contribution in [-0.4, -0.2) is 54.4 Å². The van der Waals surface area contributed by atoms with Gasteiger partial charge in [-0.05, 0) is 45.6 Å². The van der Waals surface area contributed by atoms with Crippen LogP contribution in [-0.2, 0) is 0 Å². The summed E-state index contributed by atoms with van der Waals surface area (Å²) in [5.74, 6) is -1.97. The molecule has 1 aromatic carbocycles. The normalized spacial score (nSPS) is 19.6. The summed E-state index contributed by atoms with van der Waals surface area (Å²) in [5, 5.41) is 27.1. The molecule has 0 radical (unpaired) electrons. The highest BCUT2D eigenvalue weighted by atomic mass is 19.4. The number of nitro benzene ring substituents is 1. The van der Waals surface area contributed by atoms with Crippen LogP contribution < -0.4 is 15.5 Å². The second kappa shape index (κ2) is 9.29. The first-order valence-electron chi connectivity index (χ1n) is 10.0.